The fourth-order valence-corrected chi connectivity index (χ4v) is 10.7. The molecule has 0 spiro atoms. The molecule has 0 saturated carbocycles. The monoisotopic (exact) mass is 834 g/mol. The highest BCUT2D eigenvalue weighted by Crippen LogP contribution is 2.59. The maximum atomic E-state index is 10.5. The molecule has 0 saturated heterocycles. The van der Waals surface area contributed by atoms with Crippen molar-refractivity contribution in [1.82, 2.24) is 4.57 Å². The predicted molar refractivity (Wildman–Crippen MR) is 278 cm³/mol. The van der Waals surface area contributed by atoms with Gasteiger partial charge in [0.1, 0.15) is 0 Å². The first-order valence-electron chi connectivity index (χ1n) is 23.4. The first-order chi connectivity index (χ1) is 33.0. The van der Waals surface area contributed by atoms with Crippen molar-refractivity contribution < 1.29 is 2.74 Å². The van der Waals surface area contributed by atoms with Crippen LogP contribution in [0, 0.1) is 5.92 Å². The van der Waals surface area contributed by atoms with Gasteiger partial charge < -0.3 is 9.47 Å². The minimum Gasteiger partial charge on any atom is -0.317 e. The van der Waals surface area contributed by atoms with Gasteiger partial charge in [-0.05, 0) is 110 Å². The highest BCUT2D eigenvalue weighted by molar-refractivity contribution is 6.14. The van der Waals surface area contributed by atoms with E-state index >= 15 is 0 Å². The molecule has 1 aliphatic rings. The van der Waals surface area contributed by atoms with E-state index in [0.29, 0.717) is 6.05 Å². The van der Waals surface area contributed by atoms with Gasteiger partial charge in [0.15, 0.2) is 0 Å². The Kier molecular flexibility index (Phi) is 9.48. The molecule has 0 radical (unpaired) electrons. The fourth-order valence-electron chi connectivity index (χ4n) is 10.7. The number of rotatable bonds is 11. The topological polar surface area (TPSA) is 8.17 Å². The van der Waals surface area contributed by atoms with Crippen LogP contribution in [0.3, 0.4) is 0 Å². The summed E-state index contributed by atoms with van der Waals surface area (Å²) in [5, 5.41) is 7.30. The van der Waals surface area contributed by atoms with Crippen molar-refractivity contribution in [2.75, 3.05) is 4.90 Å². The van der Waals surface area contributed by atoms with E-state index in [1.165, 1.54) is 44.4 Å². The van der Waals surface area contributed by atoms with E-state index in [0.717, 1.165) is 55.9 Å². The summed E-state index contributed by atoms with van der Waals surface area (Å²) in [5.41, 5.74) is 10.8. The smallest absolute Gasteiger partial charge is 0.0595 e. The van der Waals surface area contributed by atoms with Crippen LogP contribution in [0.1, 0.15) is 25.3 Å². The molecule has 2 nitrogen and oxygen atoms in total. The number of fused-ring (bicyclic) bond motifs is 7. The Morgan fingerprint density at radius 3 is 1.86 bits per heavy atom. The SMILES string of the molecule is [2H]C=CC1c2ccccc2C(/C(C=C)=C/C=C)(c2ccccc2)C1/C([2H])=C/N(c1ccc(-c2cc3ccccc3c3ccccc23)cc1)c1ccc(-n2c3ccccc3c3ccccc32)cc1. The Labute approximate surface area is 384 Å². The molecule has 9 aromatic carbocycles. The second kappa shape index (κ2) is 16.5. The Morgan fingerprint density at radius 1 is 0.600 bits per heavy atom. The molecule has 1 aliphatic carbocycles. The minimum atomic E-state index is -0.821. The van der Waals surface area contributed by atoms with Gasteiger partial charge in [0.05, 0.1) is 19.2 Å². The second-order valence-electron chi connectivity index (χ2n) is 16.8. The molecule has 2 heteroatoms. The zero-order valence-electron chi connectivity index (χ0n) is 38.1. The third kappa shape index (κ3) is 6.40. The van der Waals surface area contributed by atoms with Crippen LogP contribution in [-0.4, -0.2) is 4.57 Å². The molecule has 0 N–H and O–H groups in total. The molecule has 0 fully saturated rings. The maximum Gasteiger partial charge on any atom is 0.0595 e. The fraction of sp³-hybridized carbons (Fsp3) is 0.0476. The normalized spacial score (nSPS) is 18.0. The summed E-state index contributed by atoms with van der Waals surface area (Å²) in [6.45, 7) is 9.88. The molecule has 3 atom stereocenters. The third-order valence-corrected chi connectivity index (χ3v) is 13.6. The highest BCUT2D eigenvalue weighted by atomic mass is 15.1. The standard InChI is InChI=1S/C63H48N2/c1-4-20-46(5-2)63(47-22-8-7-9-23-47)59-30-17-14-27-55(59)51(6-3)60(63)41-42-64(49-37-39-50(40-38-49)65-61-31-18-15-28-56(61)57-29-16-19-32-62(57)65)48-35-33-44(34-36-48)58-43-45-21-10-11-24-52(45)53-25-12-13-26-54(53)58/h4-43,51,60H,1-3H2/b42-41+,46-20+/i3D,41D/b6-3?,42-41+,46-20+. The summed E-state index contributed by atoms with van der Waals surface area (Å²) in [4.78, 5) is 2.16. The van der Waals surface area contributed by atoms with Crippen LogP contribution in [0.25, 0.3) is 60.2 Å². The minimum absolute atomic E-state index is 0.283. The van der Waals surface area contributed by atoms with E-state index in [-0.39, 0.29) is 5.92 Å². The number of anilines is 2. The van der Waals surface area contributed by atoms with Crippen molar-refractivity contribution in [3.05, 3.63) is 285 Å². The Hall–Kier alpha value is -8.20. The summed E-state index contributed by atoms with van der Waals surface area (Å²) >= 11 is 0. The molecule has 1 heterocycles. The van der Waals surface area contributed by atoms with Crippen molar-refractivity contribution in [1.29, 1.82) is 0 Å². The average molecular weight is 835 g/mol. The van der Waals surface area contributed by atoms with Crippen molar-refractivity contribution in [3.8, 4) is 16.8 Å². The van der Waals surface area contributed by atoms with Crippen molar-refractivity contribution in [3.63, 3.8) is 0 Å². The number of aromatic nitrogens is 1. The third-order valence-electron chi connectivity index (χ3n) is 13.6. The van der Waals surface area contributed by atoms with Crippen molar-refractivity contribution in [2.24, 2.45) is 5.92 Å². The molecular weight excluding hydrogens is 785 g/mol. The van der Waals surface area contributed by atoms with Crippen LogP contribution in [0.15, 0.2) is 268 Å². The van der Waals surface area contributed by atoms with Gasteiger partial charge in [-0.1, -0.05) is 195 Å². The van der Waals surface area contributed by atoms with Gasteiger partial charge in [-0.3, -0.25) is 0 Å². The highest BCUT2D eigenvalue weighted by Gasteiger charge is 2.52. The molecule has 0 amide bonds. The summed E-state index contributed by atoms with van der Waals surface area (Å²) in [6, 6.07) is 73.5. The summed E-state index contributed by atoms with van der Waals surface area (Å²) in [6.07, 6.45) is 9.71. The molecule has 65 heavy (non-hydrogen) atoms. The lowest BCUT2D eigenvalue weighted by Crippen LogP contribution is -2.35. The molecule has 0 aliphatic heterocycles. The quantitative estimate of drug-likeness (QED) is 0.0716. The van der Waals surface area contributed by atoms with Gasteiger partial charge in [-0.15, -0.1) is 6.55 Å². The number of hydrogen-bond donors (Lipinski definition) is 0. The van der Waals surface area contributed by atoms with E-state index in [9.17, 15) is 1.37 Å². The predicted octanol–water partition coefficient (Wildman–Crippen LogP) is 16.6. The van der Waals surface area contributed by atoms with E-state index in [1.54, 1.807) is 0 Å². The van der Waals surface area contributed by atoms with Crippen LogP contribution in [0.5, 0.6) is 0 Å². The van der Waals surface area contributed by atoms with E-state index < -0.39 is 11.3 Å². The lowest BCUT2D eigenvalue weighted by Gasteiger charge is -2.39. The molecular formula is C63H48N2. The number of allylic oxidation sites excluding steroid dienone is 6. The van der Waals surface area contributed by atoms with Crippen molar-refractivity contribution >= 4 is 54.7 Å². The van der Waals surface area contributed by atoms with Gasteiger partial charge in [-0.25, -0.2) is 0 Å². The van der Waals surface area contributed by atoms with Crippen LogP contribution in [-0.2, 0) is 5.41 Å². The lowest BCUT2D eigenvalue weighted by molar-refractivity contribution is 0.458. The first kappa shape index (κ1) is 37.4. The van der Waals surface area contributed by atoms with Gasteiger partial charge >= 0.3 is 0 Å². The number of nitrogens with zero attached hydrogens (tertiary/aromatic N) is 2. The molecule has 0 bridgehead atoms. The Bertz CT molecular complexity index is 3540. The van der Waals surface area contributed by atoms with Crippen LogP contribution in [0.2, 0.25) is 0 Å². The average Bonchev–Trinajstić information content (AvgIpc) is 3.88. The van der Waals surface area contributed by atoms with Crippen LogP contribution in [0.4, 0.5) is 11.4 Å². The molecule has 310 valence electrons. The van der Waals surface area contributed by atoms with Gasteiger partial charge in [0, 0.05) is 45.9 Å². The molecule has 11 rings (SSSR count). The Balaban J connectivity index is 1.11. The largest absolute Gasteiger partial charge is 0.317 e. The molecule has 3 unspecified atom stereocenters. The summed E-state index contributed by atoms with van der Waals surface area (Å²) in [5.74, 6) is -0.741. The zero-order chi connectivity index (χ0) is 45.5. The van der Waals surface area contributed by atoms with E-state index in [4.69, 9.17) is 1.37 Å². The summed E-state index contributed by atoms with van der Waals surface area (Å²) in [7, 11) is 0. The number of benzene rings is 9. The zero-order valence-corrected chi connectivity index (χ0v) is 36.1. The lowest BCUT2D eigenvalue weighted by atomic mass is 9.63. The summed E-state index contributed by atoms with van der Waals surface area (Å²) < 4.78 is 21.3. The van der Waals surface area contributed by atoms with Crippen LogP contribution >= 0.6 is 0 Å². The molecule has 1 aromatic heterocycles. The Morgan fingerprint density at radius 2 is 1.18 bits per heavy atom. The molecule has 10 aromatic rings. The van der Waals surface area contributed by atoms with E-state index in [1.807, 2.05) is 36.6 Å². The second-order valence-corrected chi connectivity index (χ2v) is 16.8. The van der Waals surface area contributed by atoms with Crippen molar-refractivity contribution in [2.45, 2.75) is 11.3 Å². The van der Waals surface area contributed by atoms with Gasteiger partial charge in [-0.2, -0.15) is 0 Å². The number of hydrogen-bond acceptors (Lipinski definition) is 1. The van der Waals surface area contributed by atoms with Gasteiger partial charge in [0.2, 0.25) is 0 Å². The van der Waals surface area contributed by atoms with Gasteiger partial charge in [0.25, 0.3) is 0 Å². The van der Waals surface area contributed by atoms with E-state index in [2.05, 4.69) is 223 Å². The maximum absolute atomic E-state index is 10.5. The first-order valence-corrected chi connectivity index (χ1v) is 22.3. The van der Waals surface area contributed by atoms with Crippen LogP contribution < -0.4 is 4.90 Å². The number of para-hydroxylation sites is 2.